The molecule has 0 bridgehead atoms. The third kappa shape index (κ3) is 4.09. The smallest absolute Gasteiger partial charge is 0.279 e. The van der Waals surface area contributed by atoms with Gasteiger partial charge in [0.25, 0.3) is 10.0 Å². The zero-order valence-electron chi connectivity index (χ0n) is 14.7. The van der Waals surface area contributed by atoms with Gasteiger partial charge in [0.05, 0.1) is 27.6 Å². The second-order valence-corrected chi connectivity index (χ2v) is 10.1. The Bertz CT molecular complexity index is 1110. The van der Waals surface area contributed by atoms with Gasteiger partial charge in [-0.1, -0.05) is 12.1 Å². The first kappa shape index (κ1) is 20.5. The number of rotatable bonds is 4. The minimum atomic E-state index is -4.68. The summed E-state index contributed by atoms with van der Waals surface area (Å²) in [6.45, 7) is 1.89. The molecular formula is C17H17F3N2O4S2. The number of hydrogen-bond acceptors (Lipinski definition) is 4. The van der Waals surface area contributed by atoms with Crippen LogP contribution >= 0.6 is 0 Å². The summed E-state index contributed by atoms with van der Waals surface area (Å²) in [6, 6.07) is 7.87. The summed E-state index contributed by atoms with van der Waals surface area (Å²) in [6.07, 6.45) is -4.22. The van der Waals surface area contributed by atoms with Gasteiger partial charge in [-0.3, -0.25) is 9.03 Å². The van der Waals surface area contributed by atoms with Crippen LogP contribution in [0.2, 0.25) is 0 Å². The summed E-state index contributed by atoms with van der Waals surface area (Å²) < 4.78 is 91.4. The Morgan fingerprint density at radius 1 is 1.11 bits per heavy atom. The molecule has 0 radical (unpaired) electrons. The summed E-state index contributed by atoms with van der Waals surface area (Å²) >= 11 is 0. The fourth-order valence-corrected chi connectivity index (χ4v) is 5.57. The van der Waals surface area contributed by atoms with Gasteiger partial charge < -0.3 is 0 Å². The van der Waals surface area contributed by atoms with Crippen LogP contribution in [0.15, 0.2) is 47.4 Å². The average Bonchev–Trinajstić information content (AvgIpc) is 2.95. The van der Waals surface area contributed by atoms with E-state index in [9.17, 15) is 30.0 Å². The normalized spacial score (nSPS) is 16.9. The van der Waals surface area contributed by atoms with Crippen LogP contribution in [-0.2, 0) is 26.2 Å². The van der Waals surface area contributed by atoms with Crippen molar-refractivity contribution >= 4 is 31.4 Å². The SMILES string of the molecule is Cc1ccc(N2CCCS2(=O)=O)cc1NS(=O)(=O)c1cccc(C(F)(F)F)c1. The molecule has 2 aromatic carbocycles. The van der Waals surface area contributed by atoms with E-state index in [4.69, 9.17) is 0 Å². The van der Waals surface area contributed by atoms with Crippen molar-refractivity contribution in [1.29, 1.82) is 0 Å². The number of nitrogens with zero attached hydrogens (tertiary/aromatic N) is 1. The zero-order valence-corrected chi connectivity index (χ0v) is 16.3. The average molecular weight is 434 g/mol. The largest absolute Gasteiger partial charge is 0.416 e. The molecular weight excluding hydrogens is 417 g/mol. The number of anilines is 2. The van der Waals surface area contributed by atoms with Gasteiger partial charge in [0.1, 0.15) is 0 Å². The summed E-state index contributed by atoms with van der Waals surface area (Å²) in [4.78, 5) is -0.541. The van der Waals surface area contributed by atoms with Crippen molar-refractivity contribution in [3.63, 3.8) is 0 Å². The number of benzene rings is 2. The second kappa shape index (κ2) is 6.96. The van der Waals surface area contributed by atoms with Crippen molar-refractivity contribution in [3.8, 4) is 0 Å². The highest BCUT2D eigenvalue weighted by molar-refractivity contribution is 7.93. The van der Waals surface area contributed by atoms with Crippen LogP contribution in [0.25, 0.3) is 0 Å². The lowest BCUT2D eigenvalue weighted by molar-refractivity contribution is -0.137. The molecule has 2 aromatic rings. The monoisotopic (exact) mass is 434 g/mol. The Hall–Kier alpha value is -2.27. The highest BCUT2D eigenvalue weighted by atomic mass is 32.2. The maximum Gasteiger partial charge on any atom is 0.416 e. The molecule has 1 fully saturated rings. The topological polar surface area (TPSA) is 83.6 Å². The molecule has 0 unspecified atom stereocenters. The van der Waals surface area contributed by atoms with E-state index in [0.29, 0.717) is 23.7 Å². The Labute approximate surface area is 161 Å². The first-order valence-electron chi connectivity index (χ1n) is 8.21. The van der Waals surface area contributed by atoms with Crippen LogP contribution in [0.3, 0.4) is 0 Å². The van der Waals surface area contributed by atoms with Crippen LogP contribution in [0.5, 0.6) is 0 Å². The summed E-state index contributed by atoms with van der Waals surface area (Å²) in [7, 11) is -7.76. The number of hydrogen-bond donors (Lipinski definition) is 1. The highest BCUT2D eigenvalue weighted by Crippen LogP contribution is 2.32. The maximum atomic E-state index is 12.9. The molecule has 11 heteroatoms. The maximum absolute atomic E-state index is 12.9. The van der Waals surface area contributed by atoms with Gasteiger partial charge >= 0.3 is 6.18 Å². The van der Waals surface area contributed by atoms with Crippen LogP contribution in [0.4, 0.5) is 24.5 Å². The fourth-order valence-electron chi connectivity index (χ4n) is 2.85. The van der Waals surface area contributed by atoms with Crippen molar-refractivity contribution < 1.29 is 30.0 Å². The van der Waals surface area contributed by atoms with Crippen molar-refractivity contribution in [2.24, 2.45) is 0 Å². The van der Waals surface area contributed by atoms with Gasteiger partial charge in [0.15, 0.2) is 0 Å². The van der Waals surface area contributed by atoms with Gasteiger partial charge in [-0.15, -0.1) is 0 Å². The van der Waals surface area contributed by atoms with Crippen molar-refractivity contribution in [1.82, 2.24) is 0 Å². The van der Waals surface area contributed by atoms with E-state index in [2.05, 4.69) is 4.72 Å². The quantitative estimate of drug-likeness (QED) is 0.800. The molecule has 1 heterocycles. The molecule has 0 amide bonds. The number of sulfonamides is 2. The molecule has 6 nitrogen and oxygen atoms in total. The van der Waals surface area contributed by atoms with E-state index in [1.165, 1.54) is 10.4 Å². The molecule has 0 spiro atoms. The summed E-state index contributed by atoms with van der Waals surface area (Å²) in [5.74, 6) is 0.00612. The molecule has 1 N–H and O–H groups in total. The molecule has 0 aliphatic carbocycles. The second-order valence-electron chi connectivity index (χ2n) is 6.37. The first-order chi connectivity index (χ1) is 12.9. The standard InChI is InChI=1S/C17H17F3N2O4S2/c1-12-6-7-14(22-8-3-9-27(22,23)24)11-16(12)21-28(25,26)15-5-2-4-13(10-15)17(18,19)20/h2,4-7,10-11,21H,3,8-9H2,1H3. The molecule has 152 valence electrons. The number of nitrogens with one attached hydrogen (secondary N) is 1. The minimum Gasteiger partial charge on any atom is -0.279 e. The molecule has 3 rings (SSSR count). The minimum absolute atomic E-state index is 0.00612. The summed E-state index contributed by atoms with van der Waals surface area (Å²) in [5.41, 5.74) is -0.193. The molecule has 28 heavy (non-hydrogen) atoms. The van der Waals surface area contributed by atoms with Gasteiger partial charge in [-0.2, -0.15) is 13.2 Å². The molecule has 1 aliphatic heterocycles. The zero-order chi connectivity index (χ0) is 20.7. The predicted octanol–water partition coefficient (Wildman–Crippen LogP) is 3.35. The van der Waals surface area contributed by atoms with Crippen LogP contribution in [-0.4, -0.2) is 29.1 Å². The van der Waals surface area contributed by atoms with E-state index >= 15 is 0 Å². The number of alkyl halides is 3. The molecule has 1 aliphatic rings. The van der Waals surface area contributed by atoms with E-state index < -0.39 is 36.7 Å². The van der Waals surface area contributed by atoms with E-state index in [1.54, 1.807) is 19.1 Å². The molecule has 1 saturated heterocycles. The number of halogens is 3. The Balaban J connectivity index is 1.96. The van der Waals surface area contributed by atoms with Crippen LogP contribution in [0.1, 0.15) is 17.5 Å². The Kier molecular flexibility index (Phi) is 5.09. The fraction of sp³-hybridized carbons (Fsp3) is 0.294. The van der Waals surface area contributed by atoms with E-state index in [-0.39, 0.29) is 18.0 Å². The first-order valence-corrected chi connectivity index (χ1v) is 11.3. The van der Waals surface area contributed by atoms with Gasteiger partial charge in [0.2, 0.25) is 10.0 Å². The van der Waals surface area contributed by atoms with E-state index in [0.717, 1.165) is 18.2 Å². The lowest BCUT2D eigenvalue weighted by atomic mass is 10.2. The molecule has 0 saturated carbocycles. The third-order valence-corrected chi connectivity index (χ3v) is 7.56. The van der Waals surface area contributed by atoms with Gasteiger partial charge in [-0.25, -0.2) is 16.8 Å². The summed E-state index contributed by atoms with van der Waals surface area (Å²) in [5, 5.41) is 0. The van der Waals surface area contributed by atoms with Crippen LogP contribution < -0.4 is 9.03 Å². The van der Waals surface area contributed by atoms with Gasteiger partial charge in [0, 0.05) is 6.54 Å². The van der Waals surface area contributed by atoms with Crippen molar-refractivity contribution in [2.75, 3.05) is 21.3 Å². The lowest BCUT2D eigenvalue weighted by Gasteiger charge is -2.19. The van der Waals surface area contributed by atoms with E-state index in [1.807, 2.05) is 0 Å². The highest BCUT2D eigenvalue weighted by Gasteiger charge is 2.32. The lowest BCUT2D eigenvalue weighted by Crippen LogP contribution is -2.25. The predicted molar refractivity (Wildman–Crippen MR) is 99.2 cm³/mol. The molecule has 0 atom stereocenters. The van der Waals surface area contributed by atoms with Gasteiger partial charge in [-0.05, 0) is 49.2 Å². The Morgan fingerprint density at radius 2 is 1.82 bits per heavy atom. The third-order valence-electron chi connectivity index (χ3n) is 4.32. The Morgan fingerprint density at radius 3 is 2.43 bits per heavy atom. The van der Waals surface area contributed by atoms with Crippen molar-refractivity contribution in [3.05, 3.63) is 53.6 Å². The molecule has 0 aromatic heterocycles. The number of aryl methyl sites for hydroxylation is 1. The van der Waals surface area contributed by atoms with Crippen LogP contribution in [0, 0.1) is 6.92 Å². The van der Waals surface area contributed by atoms with Crippen molar-refractivity contribution in [2.45, 2.75) is 24.4 Å².